The molecule has 3 aromatic rings. The molecular weight excluding hydrogens is 487 g/mol. The summed E-state index contributed by atoms with van der Waals surface area (Å²) in [5, 5.41) is 7.83. The number of hydrogen-bond acceptors (Lipinski definition) is 4. The zero-order chi connectivity index (χ0) is 26.5. The molecule has 2 amide bonds. The third kappa shape index (κ3) is 5.04. The summed E-state index contributed by atoms with van der Waals surface area (Å²) >= 11 is 1.46. The molecule has 2 aromatic carbocycles. The van der Waals surface area contributed by atoms with Gasteiger partial charge in [0, 0.05) is 17.0 Å². The molecule has 1 atom stereocenters. The van der Waals surface area contributed by atoms with Crippen LogP contribution in [0, 0.1) is 19.7 Å². The van der Waals surface area contributed by atoms with Gasteiger partial charge < -0.3 is 5.32 Å². The van der Waals surface area contributed by atoms with Crippen molar-refractivity contribution in [2.75, 3.05) is 17.2 Å². The first-order valence-electron chi connectivity index (χ1n) is 12.7. The molecule has 0 saturated heterocycles. The minimum atomic E-state index is -0.367. The van der Waals surface area contributed by atoms with Crippen LogP contribution < -0.4 is 10.2 Å². The number of amides is 2. The molecule has 8 heteroatoms. The average molecular weight is 521 g/mol. The molecule has 0 radical (unpaired) electrons. The molecule has 1 aromatic heterocycles. The van der Waals surface area contributed by atoms with Gasteiger partial charge in [0.05, 0.1) is 22.4 Å². The lowest BCUT2D eigenvalue weighted by molar-refractivity contribution is -0.123. The predicted molar refractivity (Wildman–Crippen MR) is 146 cm³/mol. The van der Waals surface area contributed by atoms with Crippen molar-refractivity contribution >= 4 is 29.4 Å². The Hall–Kier alpha value is -3.13. The number of rotatable bonds is 5. The Labute approximate surface area is 221 Å². The topological polar surface area (TPSA) is 67.2 Å². The highest BCUT2D eigenvalue weighted by atomic mass is 32.2. The smallest absolute Gasteiger partial charge is 0.240 e. The van der Waals surface area contributed by atoms with E-state index in [9.17, 15) is 14.0 Å². The Morgan fingerprint density at radius 3 is 2.57 bits per heavy atom. The van der Waals surface area contributed by atoms with Crippen LogP contribution in [0.3, 0.4) is 0 Å². The summed E-state index contributed by atoms with van der Waals surface area (Å²) in [6.07, 6.45) is 1.94. The molecule has 6 nitrogen and oxygen atoms in total. The van der Waals surface area contributed by atoms with E-state index in [4.69, 9.17) is 5.10 Å². The summed E-state index contributed by atoms with van der Waals surface area (Å²) in [6.45, 7) is 10.3. The van der Waals surface area contributed by atoms with E-state index in [1.165, 1.54) is 23.9 Å². The second-order valence-corrected chi connectivity index (χ2v) is 12.1. The number of carbonyl (C=O) groups is 2. The number of aromatic nitrogens is 2. The molecule has 5 rings (SSSR count). The molecule has 2 heterocycles. The van der Waals surface area contributed by atoms with Crippen molar-refractivity contribution < 1.29 is 14.0 Å². The van der Waals surface area contributed by atoms with Crippen LogP contribution in [0.5, 0.6) is 0 Å². The maximum Gasteiger partial charge on any atom is 0.240 e. The SMILES string of the molecule is Cc1cccc(-n2nc(C(C)(C)C)c3c2N(CC(=O)NC2CC2)C(=O)CS[C@@H]3c2cccc(F)c2)c1C. The first kappa shape index (κ1) is 25.5. The number of hydrogen-bond donors (Lipinski definition) is 1. The second-order valence-electron chi connectivity index (χ2n) is 11.0. The van der Waals surface area contributed by atoms with E-state index >= 15 is 0 Å². The van der Waals surface area contributed by atoms with Crippen molar-refractivity contribution in [2.45, 2.75) is 64.2 Å². The first-order chi connectivity index (χ1) is 17.5. The van der Waals surface area contributed by atoms with Crippen molar-refractivity contribution in [2.24, 2.45) is 0 Å². The normalized spacial score (nSPS) is 17.9. The molecule has 194 valence electrons. The number of carbonyl (C=O) groups excluding carboxylic acids is 2. The molecule has 1 aliphatic heterocycles. The largest absolute Gasteiger partial charge is 0.352 e. The number of thioether (sulfide) groups is 1. The summed E-state index contributed by atoms with van der Waals surface area (Å²) in [4.78, 5) is 28.3. The molecular formula is C29H33FN4O2S. The van der Waals surface area contributed by atoms with E-state index in [1.807, 2.05) is 42.8 Å². The maximum absolute atomic E-state index is 14.4. The summed E-state index contributed by atoms with van der Waals surface area (Å²) in [5.74, 6) is 0.0946. The number of anilines is 1. The quantitative estimate of drug-likeness (QED) is 0.491. The lowest BCUT2D eigenvalue weighted by Crippen LogP contribution is -2.43. The monoisotopic (exact) mass is 520 g/mol. The van der Waals surface area contributed by atoms with Crippen molar-refractivity contribution in [1.29, 1.82) is 0 Å². The molecule has 1 fully saturated rings. The fourth-order valence-corrected chi connectivity index (χ4v) is 5.97. The molecule has 37 heavy (non-hydrogen) atoms. The van der Waals surface area contributed by atoms with E-state index in [2.05, 4.69) is 26.1 Å². The van der Waals surface area contributed by atoms with Gasteiger partial charge in [0.1, 0.15) is 18.2 Å². The molecule has 1 N–H and O–H groups in total. The second kappa shape index (κ2) is 9.63. The van der Waals surface area contributed by atoms with Gasteiger partial charge in [-0.2, -0.15) is 5.10 Å². The number of aryl methyl sites for hydroxylation is 1. The van der Waals surface area contributed by atoms with E-state index in [-0.39, 0.29) is 46.6 Å². The standard InChI is InChI=1S/C29H33FN4O2S/c1-17-8-6-11-22(18(17)2)34-28-25(27(32-34)29(3,4)5)26(19-9-7-10-20(30)14-19)37-16-24(36)33(28)15-23(35)31-21-12-13-21/h6-11,14,21,26H,12-13,15-16H2,1-5H3,(H,31,35)/t26-/m1/s1. The number of benzene rings is 2. The van der Waals surface area contributed by atoms with Crippen molar-refractivity contribution in [1.82, 2.24) is 15.1 Å². The summed E-state index contributed by atoms with van der Waals surface area (Å²) in [6, 6.07) is 12.8. The van der Waals surface area contributed by atoms with Crippen molar-refractivity contribution in [3.8, 4) is 5.69 Å². The van der Waals surface area contributed by atoms with Crippen LogP contribution in [0.15, 0.2) is 42.5 Å². The van der Waals surface area contributed by atoms with Crippen molar-refractivity contribution in [3.63, 3.8) is 0 Å². The lowest BCUT2D eigenvalue weighted by Gasteiger charge is -2.25. The highest BCUT2D eigenvalue weighted by Crippen LogP contribution is 2.48. The predicted octanol–water partition coefficient (Wildman–Crippen LogP) is 5.37. The zero-order valence-electron chi connectivity index (χ0n) is 22.0. The van der Waals surface area contributed by atoms with Crippen LogP contribution in [-0.4, -0.2) is 39.9 Å². The van der Waals surface area contributed by atoms with E-state index < -0.39 is 0 Å². The number of halogens is 1. The molecule has 1 aliphatic carbocycles. The lowest BCUT2D eigenvalue weighted by atomic mass is 9.87. The van der Waals surface area contributed by atoms with E-state index in [1.54, 1.807) is 11.0 Å². The van der Waals surface area contributed by atoms with Crippen LogP contribution in [0.4, 0.5) is 10.2 Å². The van der Waals surface area contributed by atoms with Gasteiger partial charge in [0.25, 0.3) is 0 Å². The van der Waals surface area contributed by atoms with Gasteiger partial charge in [-0.1, -0.05) is 45.0 Å². The van der Waals surface area contributed by atoms with Crippen LogP contribution in [-0.2, 0) is 15.0 Å². The fourth-order valence-electron chi connectivity index (χ4n) is 4.78. The number of fused-ring (bicyclic) bond motifs is 1. The van der Waals surface area contributed by atoms with Crippen LogP contribution in [0.25, 0.3) is 5.69 Å². The molecule has 2 aliphatic rings. The third-order valence-corrected chi connectivity index (χ3v) is 8.25. The van der Waals surface area contributed by atoms with Crippen LogP contribution in [0.2, 0.25) is 0 Å². The minimum absolute atomic E-state index is 0.0844. The van der Waals surface area contributed by atoms with Gasteiger partial charge in [-0.3, -0.25) is 14.5 Å². The van der Waals surface area contributed by atoms with Gasteiger partial charge in [-0.05, 0) is 61.6 Å². The Kier molecular flexibility index (Phi) is 6.64. The average Bonchev–Trinajstić information content (AvgIpc) is 3.57. The number of nitrogens with one attached hydrogen (secondary N) is 1. The highest BCUT2D eigenvalue weighted by Gasteiger charge is 2.40. The van der Waals surface area contributed by atoms with Crippen molar-refractivity contribution in [3.05, 3.63) is 76.2 Å². The van der Waals surface area contributed by atoms with Crippen LogP contribution >= 0.6 is 11.8 Å². The summed E-state index contributed by atoms with van der Waals surface area (Å²) in [7, 11) is 0. The molecule has 1 saturated carbocycles. The fraction of sp³-hybridized carbons (Fsp3) is 0.414. The molecule has 0 unspecified atom stereocenters. The van der Waals surface area contributed by atoms with Gasteiger partial charge >= 0.3 is 0 Å². The van der Waals surface area contributed by atoms with E-state index in [0.29, 0.717) is 5.82 Å². The highest BCUT2D eigenvalue weighted by molar-refractivity contribution is 8.00. The summed E-state index contributed by atoms with van der Waals surface area (Å²) < 4.78 is 16.2. The van der Waals surface area contributed by atoms with Gasteiger partial charge in [0.15, 0.2) is 0 Å². The maximum atomic E-state index is 14.4. The van der Waals surface area contributed by atoms with Gasteiger partial charge in [-0.15, -0.1) is 11.8 Å². The van der Waals surface area contributed by atoms with E-state index in [0.717, 1.165) is 46.5 Å². The summed E-state index contributed by atoms with van der Waals surface area (Å²) in [5.41, 5.74) is 5.09. The Morgan fingerprint density at radius 2 is 1.89 bits per heavy atom. The van der Waals surface area contributed by atoms with Gasteiger partial charge in [0.2, 0.25) is 11.8 Å². The Balaban J connectivity index is 1.78. The third-order valence-electron chi connectivity index (χ3n) is 7.00. The number of nitrogens with zero attached hydrogens (tertiary/aromatic N) is 3. The first-order valence-corrected chi connectivity index (χ1v) is 13.8. The Morgan fingerprint density at radius 1 is 1.16 bits per heavy atom. The molecule has 0 spiro atoms. The Bertz CT molecular complexity index is 1370. The zero-order valence-corrected chi connectivity index (χ0v) is 22.8. The van der Waals surface area contributed by atoms with Gasteiger partial charge in [-0.25, -0.2) is 9.07 Å². The minimum Gasteiger partial charge on any atom is -0.352 e. The van der Waals surface area contributed by atoms with Crippen LogP contribution in [0.1, 0.15) is 66.8 Å². The molecule has 0 bridgehead atoms.